The fourth-order valence-corrected chi connectivity index (χ4v) is 1.87. The fraction of sp³-hybridized carbons (Fsp3) is 0.455. The van der Waals surface area contributed by atoms with Crippen LogP contribution in [-0.2, 0) is 11.2 Å². The molecule has 0 saturated carbocycles. The minimum absolute atomic E-state index is 0.118. The summed E-state index contributed by atoms with van der Waals surface area (Å²) in [6.45, 7) is 1.98. The minimum Gasteiger partial charge on any atom is -0.314 e. The maximum atomic E-state index is 11.8. The number of nitrogens with zero attached hydrogens (tertiary/aromatic N) is 2. The van der Waals surface area contributed by atoms with Crippen molar-refractivity contribution >= 4 is 11.6 Å². The van der Waals surface area contributed by atoms with Crippen LogP contribution >= 0.6 is 0 Å². The summed E-state index contributed by atoms with van der Waals surface area (Å²) in [5.74, 6) is 0.309. The highest BCUT2D eigenvalue weighted by atomic mass is 16.2. The van der Waals surface area contributed by atoms with Crippen LogP contribution in [0, 0.1) is 5.92 Å². The second kappa shape index (κ2) is 3.40. The summed E-state index contributed by atoms with van der Waals surface area (Å²) in [5.41, 5.74) is 2.18. The van der Waals surface area contributed by atoms with E-state index in [2.05, 4.69) is 4.98 Å². The molecular formula is C11H14N2O. The van der Waals surface area contributed by atoms with E-state index in [0.717, 1.165) is 18.5 Å². The van der Waals surface area contributed by atoms with Crippen molar-refractivity contribution in [1.29, 1.82) is 0 Å². The Labute approximate surface area is 83.8 Å². The first-order valence-electron chi connectivity index (χ1n) is 4.90. The molecule has 74 valence electrons. The third kappa shape index (κ3) is 1.39. The van der Waals surface area contributed by atoms with Gasteiger partial charge in [0.15, 0.2) is 0 Å². The lowest BCUT2D eigenvalue weighted by Gasteiger charge is -2.18. The van der Waals surface area contributed by atoms with Gasteiger partial charge >= 0.3 is 0 Å². The molecule has 1 aliphatic rings. The van der Waals surface area contributed by atoms with Gasteiger partial charge in [0, 0.05) is 19.2 Å². The van der Waals surface area contributed by atoms with Crippen molar-refractivity contribution in [2.45, 2.75) is 19.8 Å². The average molecular weight is 190 g/mol. The standard InChI is InChI=1S/C11H14N2O/c1-8-3-4-9-5-6-12-7-10(9)13(2)11(8)14/h5-8H,3-4H2,1-2H3. The molecule has 1 aliphatic heterocycles. The Balaban J connectivity index is 2.45. The molecule has 0 spiro atoms. The van der Waals surface area contributed by atoms with Crippen LogP contribution in [0.2, 0.25) is 0 Å². The Morgan fingerprint density at radius 1 is 1.57 bits per heavy atom. The third-order valence-corrected chi connectivity index (χ3v) is 2.85. The summed E-state index contributed by atoms with van der Waals surface area (Å²) >= 11 is 0. The first kappa shape index (κ1) is 9.19. The molecule has 3 nitrogen and oxygen atoms in total. The first-order valence-corrected chi connectivity index (χ1v) is 4.90. The van der Waals surface area contributed by atoms with E-state index >= 15 is 0 Å². The molecule has 3 heteroatoms. The number of carbonyl (C=O) groups excluding carboxylic acids is 1. The van der Waals surface area contributed by atoms with Crippen LogP contribution in [0.15, 0.2) is 18.5 Å². The van der Waals surface area contributed by atoms with Crippen molar-refractivity contribution < 1.29 is 4.79 Å². The van der Waals surface area contributed by atoms with E-state index in [4.69, 9.17) is 0 Å². The van der Waals surface area contributed by atoms with Crippen LogP contribution in [0.1, 0.15) is 18.9 Å². The van der Waals surface area contributed by atoms with Crippen LogP contribution < -0.4 is 4.90 Å². The van der Waals surface area contributed by atoms with E-state index in [-0.39, 0.29) is 11.8 Å². The topological polar surface area (TPSA) is 33.2 Å². The van der Waals surface area contributed by atoms with Crippen molar-refractivity contribution in [3.8, 4) is 0 Å². The predicted molar refractivity (Wildman–Crippen MR) is 55.1 cm³/mol. The fourth-order valence-electron chi connectivity index (χ4n) is 1.87. The lowest BCUT2D eigenvalue weighted by molar-refractivity contribution is -0.121. The number of fused-ring (bicyclic) bond motifs is 1. The lowest BCUT2D eigenvalue weighted by Crippen LogP contribution is -2.30. The van der Waals surface area contributed by atoms with Crippen molar-refractivity contribution in [2.24, 2.45) is 5.92 Å². The number of anilines is 1. The van der Waals surface area contributed by atoms with E-state index in [9.17, 15) is 4.79 Å². The van der Waals surface area contributed by atoms with E-state index in [0.29, 0.717) is 0 Å². The zero-order valence-electron chi connectivity index (χ0n) is 8.53. The smallest absolute Gasteiger partial charge is 0.229 e. The molecular weight excluding hydrogens is 176 g/mol. The van der Waals surface area contributed by atoms with Gasteiger partial charge in [0.25, 0.3) is 0 Å². The summed E-state index contributed by atoms with van der Waals surface area (Å²) in [5, 5.41) is 0. The normalized spacial score (nSPS) is 21.7. The highest BCUT2D eigenvalue weighted by Crippen LogP contribution is 2.26. The quantitative estimate of drug-likeness (QED) is 0.623. The molecule has 1 amide bonds. The van der Waals surface area contributed by atoms with Gasteiger partial charge in [0.2, 0.25) is 5.91 Å². The van der Waals surface area contributed by atoms with Crippen LogP contribution in [0.25, 0.3) is 0 Å². The molecule has 1 aromatic heterocycles. The van der Waals surface area contributed by atoms with Gasteiger partial charge in [-0.2, -0.15) is 0 Å². The number of aromatic nitrogens is 1. The highest BCUT2D eigenvalue weighted by Gasteiger charge is 2.24. The molecule has 0 radical (unpaired) electrons. The minimum atomic E-state index is 0.118. The third-order valence-electron chi connectivity index (χ3n) is 2.85. The van der Waals surface area contributed by atoms with Crippen LogP contribution in [0.4, 0.5) is 5.69 Å². The van der Waals surface area contributed by atoms with Crippen LogP contribution in [-0.4, -0.2) is 17.9 Å². The summed E-state index contributed by atoms with van der Waals surface area (Å²) in [4.78, 5) is 17.6. The molecule has 2 heterocycles. The maximum Gasteiger partial charge on any atom is 0.229 e. The van der Waals surface area contributed by atoms with Crippen LogP contribution in [0.5, 0.6) is 0 Å². The maximum absolute atomic E-state index is 11.8. The van der Waals surface area contributed by atoms with E-state index < -0.39 is 0 Å². The first-order chi connectivity index (χ1) is 6.70. The van der Waals surface area contributed by atoms with Gasteiger partial charge in [-0.1, -0.05) is 6.92 Å². The second-order valence-electron chi connectivity index (χ2n) is 3.84. The Morgan fingerprint density at radius 2 is 2.36 bits per heavy atom. The molecule has 2 rings (SSSR count). The summed E-state index contributed by atoms with van der Waals surface area (Å²) in [6, 6.07) is 2.00. The van der Waals surface area contributed by atoms with Gasteiger partial charge in [-0.25, -0.2) is 0 Å². The predicted octanol–water partition coefficient (Wildman–Crippen LogP) is 1.63. The molecule has 14 heavy (non-hydrogen) atoms. The van der Waals surface area contributed by atoms with Crippen LogP contribution in [0.3, 0.4) is 0 Å². The SMILES string of the molecule is CC1CCc2ccncc2N(C)C1=O. The Hall–Kier alpha value is -1.38. The highest BCUT2D eigenvalue weighted by molar-refractivity contribution is 5.95. The zero-order valence-corrected chi connectivity index (χ0v) is 8.53. The summed E-state index contributed by atoms with van der Waals surface area (Å²) in [6.07, 6.45) is 5.45. The van der Waals surface area contributed by atoms with Gasteiger partial charge in [0.1, 0.15) is 0 Å². The monoisotopic (exact) mass is 190 g/mol. The zero-order chi connectivity index (χ0) is 10.1. The van der Waals surface area contributed by atoms with E-state index in [1.165, 1.54) is 5.56 Å². The van der Waals surface area contributed by atoms with Gasteiger partial charge < -0.3 is 4.90 Å². The molecule has 0 fully saturated rings. The number of rotatable bonds is 0. The van der Waals surface area contributed by atoms with E-state index in [1.807, 2.05) is 20.0 Å². The van der Waals surface area contributed by atoms with Crippen molar-refractivity contribution in [1.82, 2.24) is 4.98 Å². The van der Waals surface area contributed by atoms with Crippen molar-refractivity contribution in [2.75, 3.05) is 11.9 Å². The summed E-state index contributed by atoms with van der Waals surface area (Å²) in [7, 11) is 1.82. The Kier molecular flexibility index (Phi) is 2.23. The number of carbonyl (C=O) groups is 1. The number of hydrogen-bond donors (Lipinski definition) is 0. The van der Waals surface area contributed by atoms with E-state index in [1.54, 1.807) is 17.3 Å². The summed E-state index contributed by atoms with van der Waals surface area (Å²) < 4.78 is 0. The molecule has 0 aromatic carbocycles. The molecule has 0 bridgehead atoms. The molecule has 1 aromatic rings. The van der Waals surface area contributed by atoms with Crippen molar-refractivity contribution in [3.05, 3.63) is 24.0 Å². The van der Waals surface area contributed by atoms with Gasteiger partial charge in [-0.05, 0) is 24.5 Å². The van der Waals surface area contributed by atoms with Gasteiger partial charge in [-0.3, -0.25) is 9.78 Å². The molecule has 1 unspecified atom stereocenters. The molecule has 0 aliphatic carbocycles. The number of amides is 1. The van der Waals surface area contributed by atoms with Gasteiger partial charge in [-0.15, -0.1) is 0 Å². The molecule has 0 saturated heterocycles. The number of pyridine rings is 1. The average Bonchev–Trinajstić information content (AvgIpc) is 2.32. The Bertz CT molecular complexity index is 362. The van der Waals surface area contributed by atoms with Gasteiger partial charge in [0.05, 0.1) is 11.9 Å². The number of hydrogen-bond acceptors (Lipinski definition) is 2. The molecule has 0 N–H and O–H groups in total. The largest absolute Gasteiger partial charge is 0.314 e. The lowest BCUT2D eigenvalue weighted by atomic mass is 10.0. The van der Waals surface area contributed by atoms with Crippen molar-refractivity contribution in [3.63, 3.8) is 0 Å². The molecule has 1 atom stereocenters. The number of aryl methyl sites for hydroxylation is 1. The Morgan fingerprint density at radius 3 is 3.14 bits per heavy atom. The second-order valence-corrected chi connectivity index (χ2v) is 3.84.